The fraction of sp³-hybridized carbons (Fsp3) is 0.120. The predicted molar refractivity (Wildman–Crippen MR) is 118 cm³/mol. The summed E-state index contributed by atoms with van der Waals surface area (Å²) in [5.41, 5.74) is 4.02. The van der Waals surface area contributed by atoms with E-state index in [0.29, 0.717) is 13.1 Å². The zero-order valence-electron chi connectivity index (χ0n) is 16.0. The van der Waals surface area contributed by atoms with E-state index in [-0.39, 0.29) is 11.8 Å². The average Bonchev–Trinajstić information content (AvgIpc) is 3.29. The molecule has 0 aliphatic rings. The third-order valence-corrected chi connectivity index (χ3v) is 5.59. The summed E-state index contributed by atoms with van der Waals surface area (Å²) >= 11 is 1.65. The van der Waals surface area contributed by atoms with Gasteiger partial charge in [0.2, 0.25) is 5.91 Å². The van der Waals surface area contributed by atoms with E-state index in [2.05, 4.69) is 16.4 Å². The molecule has 0 aliphatic carbocycles. The van der Waals surface area contributed by atoms with E-state index >= 15 is 0 Å². The van der Waals surface area contributed by atoms with Crippen molar-refractivity contribution in [3.63, 3.8) is 0 Å². The van der Waals surface area contributed by atoms with Crippen LogP contribution < -0.4 is 0 Å². The predicted octanol–water partition coefficient (Wildman–Crippen LogP) is 5.50. The van der Waals surface area contributed by atoms with Crippen LogP contribution in [0.4, 0.5) is 0 Å². The summed E-state index contributed by atoms with van der Waals surface area (Å²) < 4.78 is 0. The molecule has 0 saturated heterocycles. The molecule has 0 unspecified atom stereocenters. The summed E-state index contributed by atoms with van der Waals surface area (Å²) in [5.74, 6) is -0.265. The van der Waals surface area contributed by atoms with Crippen molar-refractivity contribution in [3.8, 4) is 0 Å². The summed E-state index contributed by atoms with van der Waals surface area (Å²) in [4.78, 5) is 20.2. The standard InChI is InChI=1S/C25H22N2OS/c28-25(24(21-9-3-1-4-10-21)22-11-5-2-6-12-22)27(17-20-14-16-29-19-20)18-23-13-7-8-15-26-23/h1-16,19,24H,17-18H2. The summed E-state index contributed by atoms with van der Waals surface area (Å²) in [6.07, 6.45) is 1.77. The monoisotopic (exact) mass is 398 g/mol. The van der Waals surface area contributed by atoms with Gasteiger partial charge >= 0.3 is 0 Å². The number of pyridine rings is 1. The highest BCUT2D eigenvalue weighted by Gasteiger charge is 2.28. The average molecular weight is 399 g/mol. The van der Waals surface area contributed by atoms with Gasteiger partial charge in [-0.15, -0.1) is 0 Å². The normalized spacial score (nSPS) is 10.8. The molecule has 144 valence electrons. The Hall–Kier alpha value is -3.24. The second-order valence-corrected chi connectivity index (χ2v) is 7.68. The largest absolute Gasteiger partial charge is 0.332 e. The number of nitrogens with zero attached hydrogens (tertiary/aromatic N) is 2. The first-order valence-corrected chi connectivity index (χ1v) is 10.6. The number of thiophene rings is 1. The second kappa shape index (κ2) is 9.30. The molecule has 0 aliphatic heterocycles. The number of benzene rings is 2. The number of hydrogen-bond donors (Lipinski definition) is 0. The smallest absolute Gasteiger partial charge is 0.235 e. The van der Waals surface area contributed by atoms with Gasteiger partial charge in [0, 0.05) is 12.7 Å². The van der Waals surface area contributed by atoms with Gasteiger partial charge in [0.1, 0.15) is 0 Å². The van der Waals surface area contributed by atoms with E-state index in [0.717, 1.165) is 22.4 Å². The van der Waals surface area contributed by atoms with Crippen molar-refractivity contribution in [3.05, 3.63) is 124 Å². The van der Waals surface area contributed by atoms with Gasteiger partial charge in [0.15, 0.2) is 0 Å². The molecular formula is C25H22N2OS. The maximum absolute atomic E-state index is 13.9. The van der Waals surface area contributed by atoms with Gasteiger partial charge in [-0.3, -0.25) is 9.78 Å². The lowest BCUT2D eigenvalue weighted by atomic mass is 9.90. The molecule has 4 rings (SSSR count). The van der Waals surface area contributed by atoms with Crippen LogP contribution in [0.5, 0.6) is 0 Å². The highest BCUT2D eigenvalue weighted by atomic mass is 32.1. The van der Waals surface area contributed by atoms with Crippen LogP contribution in [0.3, 0.4) is 0 Å². The topological polar surface area (TPSA) is 33.2 Å². The molecule has 4 aromatic rings. The fourth-order valence-corrected chi connectivity index (χ4v) is 4.11. The lowest BCUT2D eigenvalue weighted by Gasteiger charge is -2.28. The molecule has 2 heterocycles. The Morgan fingerprint density at radius 1 is 0.828 bits per heavy atom. The summed E-state index contributed by atoms with van der Waals surface area (Å²) in [7, 11) is 0. The van der Waals surface area contributed by atoms with E-state index in [9.17, 15) is 4.79 Å². The van der Waals surface area contributed by atoms with Gasteiger partial charge in [0.25, 0.3) is 0 Å². The number of carbonyl (C=O) groups is 1. The van der Waals surface area contributed by atoms with Crippen molar-refractivity contribution < 1.29 is 4.79 Å². The first kappa shape index (κ1) is 19.1. The van der Waals surface area contributed by atoms with Gasteiger partial charge in [-0.2, -0.15) is 11.3 Å². The van der Waals surface area contributed by atoms with Crippen molar-refractivity contribution in [2.45, 2.75) is 19.0 Å². The van der Waals surface area contributed by atoms with Gasteiger partial charge in [-0.25, -0.2) is 0 Å². The summed E-state index contributed by atoms with van der Waals surface area (Å²) in [6.45, 7) is 1.04. The van der Waals surface area contributed by atoms with Crippen LogP contribution in [0.15, 0.2) is 102 Å². The lowest BCUT2D eigenvalue weighted by molar-refractivity contribution is -0.133. The van der Waals surface area contributed by atoms with Crippen LogP contribution >= 0.6 is 11.3 Å². The molecule has 0 bridgehead atoms. The van der Waals surface area contributed by atoms with Crippen molar-refractivity contribution >= 4 is 17.2 Å². The van der Waals surface area contributed by atoms with E-state index in [1.54, 1.807) is 17.5 Å². The van der Waals surface area contributed by atoms with Crippen molar-refractivity contribution in [2.75, 3.05) is 0 Å². The number of carbonyl (C=O) groups excluding carboxylic acids is 1. The molecule has 1 amide bonds. The Kier molecular flexibility index (Phi) is 6.13. The molecule has 0 N–H and O–H groups in total. The molecule has 2 aromatic carbocycles. The third kappa shape index (κ3) is 4.79. The van der Waals surface area contributed by atoms with E-state index in [4.69, 9.17) is 0 Å². The first-order valence-electron chi connectivity index (χ1n) is 9.61. The molecule has 0 fully saturated rings. The van der Waals surface area contributed by atoms with Crippen LogP contribution in [0.25, 0.3) is 0 Å². The minimum absolute atomic E-state index is 0.0826. The number of aromatic nitrogens is 1. The van der Waals surface area contributed by atoms with E-state index in [1.807, 2.05) is 89.1 Å². The summed E-state index contributed by atoms with van der Waals surface area (Å²) in [5, 5.41) is 4.14. The zero-order chi connectivity index (χ0) is 19.9. The Bertz CT molecular complexity index is 979. The number of hydrogen-bond acceptors (Lipinski definition) is 3. The SMILES string of the molecule is O=C(C(c1ccccc1)c1ccccc1)N(Cc1ccsc1)Cc1ccccn1. The lowest BCUT2D eigenvalue weighted by Crippen LogP contribution is -2.35. The highest BCUT2D eigenvalue weighted by Crippen LogP contribution is 2.28. The minimum atomic E-state index is -0.347. The maximum Gasteiger partial charge on any atom is 0.235 e. The van der Waals surface area contributed by atoms with Crippen LogP contribution in [0, 0.1) is 0 Å². The minimum Gasteiger partial charge on any atom is -0.332 e. The molecule has 0 spiro atoms. The Morgan fingerprint density at radius 2 is 1.48 bits per heavy atom. The van der Waals surface area contributed by atoms with Gasteiger partial charge in [0.05, 0.1) is 18.2 Å². The van der Waals surface area contributed by atoms with Crippen LogP contribution in [-0.4, -0.2) is 15.8 Å². The Labute approximate surface area is 175 Å². The van der Waals surface area contributed by atoms with Gasteiger partial charge < -0.3 is 4.90 Å². The highest BCUT2D eigenvalue weighted by molar-refractivity contribution is 7.07. The Morgan fingerprint density at radius 3 is 2.03 bits per heavy atom. The first-order chi connectivity index (χ1) is 14.3. The van der Waals surface area contributed by atoms with Crippen molar-refractivity contribution in [2.24, 2.45) is 0 Å². The fourth-order valence-electron chi connectivity index (χ4n) is 3.45. The van der Waals surface area contributed by atoms with E-state index < -0.39 is 0 Å². The summed E-state index contributed by atoms with van der Waals surface area (Å²) in [6, 6.07) is 27.9. The Balaban J connectivity index is 1.71. The number of amides is 1. The molecule has 3 nitrogen and oxygen atoms in total. The number of rotatable bonds is 7. The maximum atomic E-state index is 13.9. The molecule has 29 heavy (non-hydrogen) atoms. The van der Waals surface area contributed by atoms with Gasteiger partial charge in [-0.1, -0.05) is 66.7 Å². The second-order valence-electron chi connectivity index (χ2n) is 6.90. The van der Waals surface area contributed by atoms with Crippen LogP contribution in [-0.2, 0) is 17.9 Å². The third-order valence-electron chi connectivity index (χ3n) is 4.86. The molecule has 4 heteroatoms. The van der Waals surface area contributed by atoms with Crippen molar-refractivity contribution in [1.29, 1.82) is 0 Å². The van der Waals surface area contributed by atoms with Gasteiger partial charge in [-0.05, 0) is 45.6 Å². The van der Waals surface area contributed by atoms with E-state index in [1.165, 1.54) is 0 Å². The van der Waals surface area contributed by atoms with Crippen molar-refractivity contribution in [1.82, 2.24) is 9.88 Å². The molecule has 0 atom stereocenters. The quantitative estimate of drug-likeness (QED) is 0.412. The molecule has 0 radical (unpaired) electrons. The molecule has 0 saturated carbocycles. The zero-order valence-corrected chi connectivity index (χ0v) is 16.8. The molecular weight excluding hydrogens is 376 g/mol. The molecule has 2 aromatic heterocycles. The van der Waals surface area contributed by atoms with Crippen LogP contribution in [0.1, 0.15) is 28.3 Å². The van der Waals surface area contributed by atoms with Crippen LogP contribution in [0.2, 0.25) is 0 Å².